The minimum absolute atomic E-state index is 0. The van der Waals surface area contributed by atoms with E-state index in [0.29, 0.717) is 40.1 Å². The normalized spacial score (nSPS) is 17.2. The molecule has 0 radical (unpaired) electrons. The van der Waals surface area contributed by atoms with Gasteiger partial charge in [0, 0.05) is 19.0 Å². The van der Waals surface area contributed by atoms with Gasteiger partial charge in [0.2, 0.25) is 5.91 Å². The van der Waals surface area contributed by atoms with Crippen molar-refractivity contribution in [2.24, 2.45) is 5.92 Å². The number of carbonyl (C=O) groups excluding carboxylic acids is 2. The van der Waals surface area contributed by atoms with Gasteiger partial charge in [-0.2, -0.15) is 0 Å². The summed E-state index contributed by atoms with van der Waals surface area (Å²) in [6.45, 7) is 0.626. The smallest absolute Gasteiger partial charge is 0.254 e. The summed E-state index contributed by atoms with van der Waals surface area (Å²) in [5.41, 5.74) is 2.63. The lowest BCUT2D eigenvalue weighted by Crippen LogP contribution is -2.56. The van der Waals surface area contributed by atoms with E-state index < -0.39 is 24.2 Å². The van der Waals surface area contributed by atoms with Crippen molar-refractivity contribution in [1.29, 1.82) is 0 Å². The first-order chi connectivity index (χ1) is 18.7. The molecule has 1 saturated carbocycles. The number of rotatable bonds is 9. The summed E-state index contributed by atoms with van der Waals surface area (Å²) in [6.07, 6.45) is 2.09. The molecule has 2 aromatic rings. The van der Waals surface area contributed by atoms with Crippen molar-refractivity contribution in [1.82, 2.24) is 10.2 Å². The summed E-state index contributed by atoms with van der Waals surface area (Å²) in [5.74, 6) is 0.240. The van der Waals surface area contributed by atoms with Crippen LogP contribution in [-0.4, -0.2) is 65.9 Å². The number of halogens is 2. The van der Waals surface area contributed by atoms with Crippen LogP contribution in [0.4, 0.5) is 0 Å². The quantitative estimate of drug-likeness (QED) is 0.360. The third kappa shape index (κ3) is 8.28. The summed E-state index contributed by atoms with van der Waals surface area (Å²) in [4.78, 5) is 28.0. The Morgan fingerprint density at radius 2 is 1.61 bits per heavy atom. The Balaban J connectivity index is 0.00000294. The minimum Gasteiger partial charge on any atom is -0.493 e. The van der Waals surface area contributed by atoms with Crippen LogP contribution in [-0.2, 0) is 29.0 Å². The molecule has 2 aromatic carbocycles. The van der Waals surface area contributed by atoms with Crippen molar-refractivity contribution in [3.8, 4) is 11.5 Å². The fourth-order valence-corrected chi connectivity index (χ4v) is 5.79. The van der Waals surface area contributed by atoms with Crippen molar-refractivity contribution in [3.05, 3.63) is 57.1 Å². The Labute approximate surface area is 253 Å². The van der Waals surface area contributed by atoms with E-state index in [9.17, 15) is 19.8 Å². The molecule has 1 aliphatic heterocycles. The zero-order valence-corrected chi connectivity index (χ0v) is 23.8. The van der Waals surface area contributed by atoms with Crippen LogP contribution in [0.1, 0.15) is 63.6 Å². The molecule has 2 aliphatic rings. The monoisotopic (exact) mass is 610 g/mol. The average molecular weight is 612 g/mol. The number of aliphatic hydroxyl groups is 2. The number of ether oxygens (including phenoxy) is 2. The highest BCUT2D eigenvalue weighted by Crippen LogP contribution is 2.33. The Kier molecular flexibility index (Phi) is 13.2. The number of nitrogens with one attached hydrogen (secondary N) is 1. The second kappa shape index (κ2) is 15.6. The van der Waals surface area contributed by atoms with Crippen molar-refractivity contribution in [2.45, 2.75) is 84.6 Å². The lowest BCUT2D eigenvalue weighted by atomic mass is 9.88. The molecule has 0 bridgehead atoms. The summed E-state index contributed by atoms with van der Waals surface area (Å²) in [6, 6.07) is 7.87. The van der Waals surface area contributed by atoms with E-state index in [1.165, 1.54) is 4.90 Å². The number of amides is 2. The Morgan fingerprint density at radius 1 is 0.976 bits per heavy atom. The summed E-state index contributed by atoms with van der Waals surface area (Å²) < 4.78 is 10.8. The zero-order chi connectivity index (χ0) is 28.1. The molecule has 0 saturated heterocycles. The second-order valence-corrected chi connectivity index (χ2v) is 11.1. The predicted octanol–water partition coefficient (Wildman–Crippen LogP) is 5.20. The molecule has 10 heteroatoms. The van der Waals surface area contributed by atoms with E-state index in [0.717, 1.165) is 43.2 Å². The topological polar surface area (TPSA) is 108 Å². The van der Waals surface area contributed by atoms with Crippen LogP contribution < -0.4 is 14.8 Å². The van der Waals surface area contributed by atoms with Gasteiger partial charge in [-0.25, -0.2) is 0 Å². The molecule has 0 aromatic heterocycles. The number of nitrogens with zero attached hydrogens (tertiary/aromatic N) is 1. The first-order valence-corrected chi connectivity index (χ1v) is 14.1. The molecular weight excluding hydrogens is 567 g/mol. The van der Waals surface area contributed by atoms with Crippen molar-refractivity contribution in [2.75, 3.05) is 20.8 Å². The van der Waals surface area contributed by atoms with Gasteiger partial charge in [0.15, 0.2) is 17.6 Å². The van der Waals surface area contributed by atoms with Gasteiger partial charge in [0.05, 0.1) is 30.3 Å². The van der Waals surface area contributed by atoms with E-state index in [1.807, 2.05) is 12.1 Å². The third-order valence-corrected chi connectivity index (χ3v) is 8.50. The number of carbonyl (C=O) groups is 2. The highest BCUT2D eigenvalue weighted by Gasteiger charge is 2.37. The zero-order valence-electron chi connectivity index (χ0n) is 22.3. The Hall–Kier alpha value is -2.52. The largest absolute Gasteiger partial charge is 0.493 e. The van der Waals surface area contributed by atoms with Crippen molar-refractivity contribution < 1.29 is 29.3 Å². The van der Waals surface area contributed by atoms with Gasteiger partial charge in [-0.05, 0) is 66.6 Å². The van der Waals surface area contributed by atoms with E-state index in [4.69, 9.17) is 32.7 Å². The van der Waals surface area contributed by atoms with E-state index >= 15 is 0 Å². The van der Waals surface area contributed by atoms with Crippen molar-refractivity contribution in [3.63, 3.8) is 0 Å². The molecule has 8 nitrogen and oxygen atoms in total. The van der Waals surface area contributed by atoms with E-state index in [1.54, 1.807) is 32.4 Å². The van der Waals surface area contributed by atoms with E-state index in [2.05, 4.69) is 5.32 Å². The maximum absolute atomic E-state index is 13.4. The number of aliphatic hydroxyl groups excluding tert-OH is 2. The molecule has 2 amide bonds. The van der Waals surface area contributed by atoms with Crippen molar-refractivity contribution >= 4 is 35.0 Å². The molecule has 3 atom stereocenters. The van der Waals surface area contributed by atoms with Gasteiger partial charge in [-0.3, -0.25) is 9.59 Å². The first-order valence-electron chi connectivity index (χ1n) is 13.3. The maximum Gasteiger partial charge on any atom is 0.254 e. The SMILES string of the molecule is C.C.COc1cc2c(cc1OC)CN(C(=O)C(O)C(O)C(Cc1ccc(Cl)c(Cl)c1)NC(=O)C1CCCCC1)CC2. The molecule has 4 rings (SSSR count). The van der Waals surface area contributed by atoms with Gasteiger partial charge in [-0.15, -0.1) is 0 Å². The molecule has 41 heavy (non-hydrogen) atoms. The highest BCUT2D eigenvalue weighted by atomic mass is 35.5. The number of methoxy groups -OCH3 is 2. The van der Waals surface area contributed by atoms with Crippen LogP contribution in [0.3, 0.4) is 0 Å². The summed E-state index contributed by atoms with van der Waals surface area (Å²) in [7, 11) is 3.12. The van der Waals surface area contributed by atoms with Crippen LogP contribution in [0.2, 0.25) is 10.0 Å². The van der Waals surface area contributed by atoms with Gasteiger partial charge >= 0.3 is 0 Å². The van der Waals surface area contributed by atoms with Gasteiger partial charge in [0.1, 0.15) is 6.10 Å². The summed E-state index contributed by atoms with van der Waals surface area (Å²) in [5, 5.41) is 26.0. The number of fused-ring (bicyclic) bond motifs is 1. The predicted molar refractivity (Wildman–Crippen MR) is 163 cm³/mol. The molecule has 1 fully saturated rings. The van der Waals surface area contributed by atoms with E-state index in [-0.39, 0.29) is 39.6 Å². The van der Waals surface area contributed by atoms with Gasteiger partial charge in [0.25, 0.3) is 5.91 Å². The second-order valence-electron chi connectivity index (χ2n) is 10.3. The number of benzene rings is 2. The van der Waals surface area contributed by atoms with Crippen LogP contribution in [0.15, 0.2) is 30.3 Å². The molecule has 3 unspecified atom stereocenters. The van der Waals surface area contributed by atoms with Crippen LogP contribution in [0.25, 0.3) is 0 Å². The maximum atomic E-state index is 13.4. The molecule has 3 N–H and O–H groups in total. The molecular formula is C31H44Cl2N2O6. The fraction of sp³-hybridized carbons (Fsp3) is 0.548. The highest BCUT2D eigenvalue weighted by molar-refractivity contribution is 6.42. The fourth-order valence-electron chi connectivity index (χ4n) is 5.47. The third-order valence-electron chi connectivity index (χ3n) is 7.76. The van der Waals surface area contributed by atoms with Crippen LogP contribution in [0, 0.1) is 5.92 Å². The first kappa shape index (κ1) is 34.7. The lowest BCUT2D eigenvalue weighted by Gasteiger charge is -2.34. The molecule has 1 heterocycles. The molecule has 1 aliphatic carbocycles. The molecule has 0 spiro atoms. The summed E-state index contributed by atoms with van der Waals surface area (Å²) >= 11 is 12.3. The van der Waals surface area contributed by atoms with Gasteiger partial charge < -0.3 is 29.9 Å². The number of hydrogen-bond donors (Lipinski definition) is 3. The Morgan fingerprint density at radius 3 is 2.22 bits per heavy atom. The van der Waals surface area contributed by atoms with Crippen LogP contribution >= 0.6 is 23.2 Å². The molecule has 228 valence electrons. The Bertz CT molecular complexity index is 1190. The number of hydrogen-bond acceptors (Lipinski definition) is 6. The standard InChI is InChI=1S/C29H36Cl2N2O6.2CH4/c1-38-24-14-19-10-11-33(16-20(19)15-25(24)39-2)29(37)27(35)26(34)23(13-17-8-9-21(30)22(31)12-17)32-28(36)18-6-4-3-5-7-18;;/h8-9,12,14-15,18,23,26-27,34-35H,3-7,10-11,13,16H2,1-2H3,(H,32,36);2*1H4. The van der Waals surface area contributed by atoms with Crippen LogP contribution in [0.5, 0.6) is 11.5 Å². The van der Waals surface area contributed by atoms with Gasteiger partial charge in [-0.1, -0.05) is 63.4 Å². The minimum atomic E-state index is -1.73. The lowest BCUT2D eigenvalue weighted by molar-refractivity contribution is -0.149. The average Bonchev–Trinajstić information content (AvgIpc) is 2.96.